The topological polar surface area (TPSA) is 26.3 Å². The van der Waals surface area contributed by atoms with Crippen LogP contribution in [0.5, 0.6) is 0 Å². The molecule has 44 valence electrons. The van der Waals surface area contributed by atoms with Gasteiger partial charge in [0.05, 0.1) is 0 Å². The Bertz CT molecular complexity index is 78.4. The van der Waals surface area contributed by atoms with Crippen molar-refractivity contribution in [3.8, 4) is 0 Å². The first-order chi connectivity index (χ1) is 3.18. The molecule has 0 unspecified atom stereocenters. The third kappa shape index (κ3) is 4.77. The van der Waals surface area contributed by atoms with Crippen LogP contribution in [0.2, 0.25) is 0 Å². The second-order valence-corrected chi connectivity index (χ2v) is 0.851. The molecular formula is C2H2ClF2NaO2. The normalized spacial score (nSPS) is 8.00. The van der Waals surface area contributed by atoms with E-state index in [1.807, 2.05) is 0 Å². The summed E-state index contributed by atoms with van der Waals surface area (Å²) in [6.07, 6.45) is -3.13. The van der Waals surface area contributed by atoms with Crippen molar-refractivity contribution in [3.63, 3.8) is 0 Å². The molecule has 2 nitrogen and oxygen atoms in total. The second kappa shape index (κ2) is 5.75. The van der Waals surface area contributed by atoms with E-state index in [1.54, 1.807) is 0 Å². The van der Waals surface area contributed by atoms with E-state index in [0.29, 0.717) is 0 Å². The molecule has 0 amide bonds. The van der Waals surface area contributed by atoms with Crippen molar-refractivity contribution in [2.24, 2.45) is 0 Å². The number of carbonyl (C=O) groups excluding carboxylic acids is 1. The molecule has 0 aliphatic carbocycles. The van der Waals surface area contributed by atoms with Crippen molar-refractivity contribution in [1.29, 1.82) is 0 Å². The summed E-state index contributed by atoms with van der Waals surface area (Å²) in [5.41, 5.74) is 0. The van der Waals surface area contributed by atoms with E-state index in [-0.39, 0.29) is 29.6 Å². The van der Waals surface area contributed by atoms with Crippen molar-refractivity contribution >= 4 is 47.4 Å². The van der Waals surface area contributed by atoms with Gasteiger partial charge in [0.2, 0.25) is 0 Å². The standard InChI is InChI=1S/C2HClF2O2.Na.H/c3-7-2(6)1(4)5;;/h1H;;. The number of hydrogen-bond acceptors (Lipinski definition) is 2. The van der Waals surface area contributed by atoms with Gasteiger partial charge in [-0.2, -0.15) is 8.78 Å². The Morgan fingerprint density at radius 3 is 2.00 bits per heavy atom. The van der Waals surface area contributed by atoms with E-state index in [0.717, 1.165) is 0 Å². The van der Waals surface area contributed by atoms with E-state index < -0.39 is 12.4 Å². The molecule has 8 heavy (non-hydrogen) atoms. The van der Waals surface area contributed by atoms with Crippen molar-refractivity contribution < 1.29 is 17.9 Å². The third-order valence-corrected chi connectivity index (χ3v) is 0.406. The Morgan fingerprint density at radius 2 is 2.00 bits per heavy atom. The van der Waals surface area contributed by atoms with Crippen LogP contribution in [-0.2, 0) is 9.08 Å². The Kier molecular flexibility index (Phi) is 8.21. The number of halogens is 3. The molecule has 0 saturated heterocycles. The number of alkyl halides is 2. The summed E-state index contributed by atoms with van der Waals surface area (Å²) in [4.78, 5) is 9.41. The van der Waals surface area contributed by atoms with Crippen molar-refractivity contribution in [3.05, 3.63) is 0 Å². The summed E-state index contributed by atoms with van der Waals surface area (Å²) < 4.78 is 24.8. The fourth-order valence-electron chi connectivity index (χ4n) is 0.0337. The average molecular weight is 154 g/mol. The maximum atomic E-state index is 10.9. The molecular weight excluding hydrogens is 152 g/mol. The molecule has 0 aromatic heterocycles. The first-order valence-electron chi connectivity index (χ1n) is 1.29. The van der Waals surface area contributed by atoms with Gasteiger partial charge in [-0.15, -0.1) is 0 Å². The van der Waals surface area contributed by atoms with Crippen LogP contribution in [0.25, 0.3) is 0 Å². The Hall–Kier alpha value is 0.620. The maximum absolute atomic E-state index is 10.9. The zero-order valence-electron chi connectivity index (χ0n) is 3.03. The van der Waals surface area contributed by atoms with Crippen LogP contribution < -0.4 is 0 Å². The minimum atomic E-state index is -3.13. The minimum absolute atomic E-state index is 0. The Morgan fingerprint density at radius 1 is 1.62 bits per heavy atom. The first kappa shape index (κ1) is 11.4. The summed E-state index contributed by atoms with van der Waals surface area (Å²) in [6.45, 7) is 0. The van der Waals surface area contributed by atoms with Gasteiger partial charge in [0.15, 0.2) is 0 Å². The molecule has 0 bridgehead atoms. The van der Waals surface area contributed by atoms with Crippen molar-refractivity contribution in [2.75, 3.05) is 0 Å². The summed E-state index contributed by atoms with van der Waals surface area (Å²) in [5.74, 6) is -1.72. The van der Waals surface area contributed by atoms with Gasteiger partial charge in [-0.25, -0.2) is 4.79 Å². The van der Waals surface area contributed by atoms with Crippen LogP contribution in [-0.4, -0.2) is 42.0 Å². The fourth-order valence-corrected chi connectivity index (χ4v) is 0.101. The third-order valence-electron chi connectivity index (χ3n) is 0.254. The zero-order valence-corrected chi connectivity index (χ0v) is 3.78. The van der Waals surface area contributed by atoms with Crippen LogP contribution in [0.1, 0.15) is 0 Å². The molecule has 0 fully saturated rings. The van der Waals surface area contributed by atoms with Crippen molar-refractivity contribution in [1.82, 2.24) is 0 Å². The Balaban J connectivity index is 0. The number of rotatable bonds is 1. The number of hydrogen-bond donors (Lipinski definition) is 0. The second-order valence-electron chi connectivity index (χ2n) is 0.697. The summed E-state index contributed by atoms with van der Waals surface area (Å²) in [7, 11) is 0. The molecule has 0 aromatic rings. The van der Waals surface area contributed by atoms with Crippen LogP contribution >= 0.6 is 11.9 Å². The molecule has 0 rings (SSSR count). The molecule has 6 heteroatoms. The van der Waals surface area contributed by atoms with Gasteiger partial charge in [-0.05, 0) is 0 Å². The van der Waals surface area contributed by atoms with E-state index in [4.69, 9.17) is 0 Å². The van der Waals surface area contributed by atoms with E-state index in [1.165, 1.54) is 0 Å². The molecule has 0 aliphatic rings. The van der Waals surface area contributed by atoms with Crippen LogP contribution in [0.3, 0.4) is 0 Å². The van der Waals surface area contributed by atoms with Gasteiger partial charge in [-0.1, -0.05) is 0 Å². The molecule has 0 aliphatic heterocycles. The SMILES string of the molecule is O=C(OCl)C(F)F.[NaH]. The fraction of sp³-hybridized carbons (Fsp3) is 0.500. The summed E-state index contributed by atoms with van der Waals surface area (Å²) >= 11 is 4.22. The van der Waals surface area contributed by atoms with Gasteiger partial charge in [0.1, 0.15) is 11.9 Å². The van der Waals surface area contributed by atoms with E-state index >= 15 is 0 Å². The van der Waals surface area contributed by atoms with Crippen LogP contribution in [0.15, 0.2) is 0 Å². The van der Waals surface area contributed by atoms with Gasteiger partial charge in [0.25, 0.3) is 0 Å². The molecule has 0 atom stereocenters. The van der Waals surface area contributed by atoms with Gasteiger partial charge in [-0.3, -0.25) is 0 Å². The van der Waals surface area contributed by atoms with Crippen LogP contribution in [0, 0.1) is 0 Å². The van der Waals surface area contributed by atoms with Crippen LogP contribution in [0.4, 0.5) is 8.78 Å². The summed E-state index contributed by atoms with van der Waals surface area (Å²) in [6, 6.07) is 0. The molecule has 0 radical (unpaired) electrons. The van der Waals surface area contributed by atoms with E-state index in [2.05, 4.69) is 16.2 Å². The van der Waals surface area contributed by atoms with Gasteiger partial charge >= 0.3 is 42.0 Å². The molecule has 0 spiro atoms. The number of carbonyl (C=O) groups is 1. The monoisotopic (exact) mass is 154 g/mol. The van der Waals surface area contributed by atoms with Gasteiger partial charge < -0.3 is 4.29 Å². The molecule has 0 N–H and O–H groups in total. The average Bonchev–Trinajstić information content (AvgIpc) is 1.65. The van der Waals surface area contributed by atoms with Crippen molar-refractivity contribution in [2.45, 2.75) is 6.43 Å². The zero-order chi connectivity index (χ0) is 5.86. The van der Waals surface area contributed by atoms with E-state index in [9.17, 15) is 13.6 Å². The molecule has 0 aromatic carbocycles. The predicted molar refractivity (Wildman–Crippen MR) is 25.1 cm³/mol. The summed E-state index contributed by atoms with van der Waals surface area (Å²) in [5, 5.41) is 0. The quantitative estimate of drug-likeness (QED) is 0.508. The Labute approximate surface area is 71.6 Å². The predicted octanol–water partition coefficient (Wildman–Crippen LogP) is 0.300. The van der Waals surface area contributed by atoms with Gasteiger partial charge in [0, 0.05) is 0 Å². The molecule has 0 heterocycles. The molecule has 0 saturated carbocycles. The first-order valence-corrected chi connectivity index (χ1v) is 1.60.